The van der Waals surface area contributed by atoms with E-state index in [2.05, 4.69) is 31.2 Å². The summed E-state index contributed by atoms with van der Waals surface area (Å²) in [6.07, 6.45) is 2.66. The number of benzene rings is 1. The lowest BCUT2D eigenvalue weighted by Crippen LogP contribution is -2.41. The summed E-state index contributed by atoms with van der Waals surface area (Å²) in [5.41, 5.74) is 1.07. The molecule has 1 aliphatic heterocycles. The lowest BCUT2D eigenvalue weighted by atomic mass is 9.87. The minimum Gasteiger partial charge on any atom is -0.311 e. The molecule has 0 aliphatic carbocycles. The Morgan fingerprint density at radius 2 is 1.70 bits per heavy atom. The number of anilines is 1. The maximum atomic E-state index is 13.0. The second-order valence-corrected chi connectivity index (χ2v) is 11.1. The van der Waals surface area contributed by atoms with E-state index >= 15 is 0 Å². The van der Waals surface area contributed by atoms with Gasteiger partial charge in [0.15, 0.2) is 0 Å². The zero-order valence-corrected chi connectivity index (χ0v) is 19.2. The van der Waals surface area contributed by atoms with Gasteiger partial charge < -0.3 is 5.32 Å². The van der Waals surface area contributed by atoms with Gasteiger partial charge in [0.25, 0.3) is 0 Å². The molecular formula is C22H32N4O3S. The van der Waals surface area contributed by atoms with Crippen molar-refractivity contribution in [1.29, 1.82) is 0 Å². The van der Waals surface area contributed by atoms with Gasteiger partial charge in [-0.15, -0.1) is 0 Å². The van der Waals surface area contributed by atoms with E-state index in [-0.39, 0.29) is 23.3 Å². The van der Waals surface area contributed by atoms with E-state index in [9.17, 15) is 13.2 Å². The molecule has 1 amide bonds. The predicted molar refractivity (Wildman–Crippen MR) is 118 cm³/mol. The summed E-state index contributed by atoms with van der Waals surface area (Å²) in [4.78, 5) is 13.0. The van der Waals surface area contributed by atoms with Crippen LogP contribution in [0.1, 0.15) is 59.1 Å². The van der Waals surface area contributed by atoms with E-state index < -0.39 is 10.0 Å². The summed E-state index contributed by atoms with van der Waals surface area (Å²) in [7, 11) is -3.55. The highest BCUT2D eigenvalue weighted by Crippen LogP contribution is 2.27. The van der Waals surface area contributed by atoms with E-state index in [1.54, 1.807) is 29.1 Å². The van der Waals surface area contributed by atoms with Crippen molar-refractivity contribution in [2.75, 3.05) is 18.4 Å². The van der Waals surface area contributed by atoms with Crippen LogP contribution < -0.4 is 5.32 Å². The quantitative estimate of drug-likeness (QED) is 0.779. The Bertz CT molecular complexity index is 980. The normalized spacial score (nSPS) is 16.7. The van der Waals surface area contributed by atoms with Crippen molar-refractivity contribution in [2.45, 2.75) is 63.8 Å². The number of nitrogens with one attached hydrogen (secondary N) is 1. The van der Waals surface area contributed by atoms with Gasteiger partial charge in [0.05, 0.1) is 11.1 Å². The molecule has 1 aliphatic rings. The monoisotopic (exact) mass is 432 g/mol. The molecule has 0 atom stereocenters. The molecule has 3 rings (SSSR count). The summed E-state index contributed by atoms with van der Waals surface area (Å²) in [6, 6.07) is 9.05. The maximum absolute atomic E-state index is 13.0. The number of rotatable bonds is 5. The van der Waals surface area contributed by atoms with Crippen LogP contribution in [0.2, 0.25) is 0 Å². The molecule has 0 radical (unpaired) electrons. The molecule has 2 heterocycles. The average Bonchev–Trinajstić information content (AvgIpc) is 3.16. The fourth-order valence-corrected chi connectivity index (χ4v) is 5.16. The third-order valence-corrected chi connectivity index (χ3v) is 7.51. The van der Waals surface area contributed by atoms with Crippen molar-refractivity contribution in [1.82, 2.24) is 14.1 Å². The lowest BCUT2D eigenvalue weighted by Gasteiger charge is -2.30. The van der Waals surface area contributed by atoms with Crippen LogP contribution in [0.5, 0.6) is 0 Å². The second-order valence-electron chi connectivity index (χ2n) is 9.20. The predicted octanol–water partition coefficient (Wildman–Crippen LogP) is 3.80. The number of aromatic nitrogens is 2. The van der Waals surface area contributed by atoms with Crippen molar-refractivity contribution in [3.8, 4) is 0 Å². The third kappa shape index (κ3) is 4.75. The van der Waals surface area contributed by atoms with E-state index in [0.29, 0.717) is 36.6 Å². The largest absolute Gasteiger partial charge is 0.311 e. The molecule has 164 valence electrons. The Hall–Kier alpha value is -2.19. The standard InChI is InChI=1S/C22H32N4O3S/c1-16(2)26-20(10-13-23-26)24-21(27)17-11-14-25(15-12-17)30(28,29)19-8-6-18(7-9-19)22(3,4)5/h6-10,13,16-17H,11-12,14-15H2,1-5H3,(H,24,27). The van der Waals surface area contributed by atoms with Gasteiger partial charge in [0.2, 0.25) is 15.9 Å². The van der Waals surface area contributed by atoms with Crippen LogP contribution in [0.25, 0.3) is 0 Å². The number of hydrogen-bond acceptors (Lipinski definition) is 4. The van der Waals surface area contributed by atoms with E-state index in [1.165, 1.54) is 4.31 Å². The number of amides is 1. The van der Waals surface area contributed by atoms with Crippen molar-refractivity contribution in [3.05, 3.63) is 42.1 Å². The van der Waals surface area contributed by atoms with Gasteiger partial charge in [-0.25, -0.2) is 13.1 Å². The highest BCUT2D eigenvalue weighted by Gasteiger charge is 2.32. The Kier molecular flexibility index (Phi) is 6.38. The second kappa shape index (κ2) is 8.51. The fraction of sp³-hybridized carbons (Fsp3) is 0.545. The van der Waals surface area contributed by atoms with Crippen LogP contribution in [-0.4, -0.2) is 41.5 Å². The van der Waals surface area contributed by atoms with Crippen LogP contribution in [-0.2, 0) is 20.2 Å². The Balaban J connectivity index is 1.63. The first-order chi connectivity index (χ1) is 14.0. The molecule has 7 nitrogen and oxygen atoms in total. The molecule has 1 fully saturated rings. The zero-order valence-electron chi connectivity index (χ0n) is 18.4. The molecule has 1 aromatic heterocycles. The van der Waals surface area contributed by atoms with Crippen LogP contribution in [0.3, 0.4) is 0 Å². The molecule has 1 N–H and O–H groups in total. The summed E-state index contributed by atoms with van der Waals surface area (Å²) >= 11 is 0. The topological polar surface area (TPSA) is 84.3 Å². The molecule has 2 aromatic rings. The summed E-state index contributed by atoms with van der Waals surface area (Å²) in [5, 5.41) is 7.17. The molecule has 0 spiro atoms. The molecule has 0 saturated carbocycles. The van der Waals surface area contributed by atoms with Crippen LogP contribution in [0, 0.1) is 5.92 Å². The first-order valence-electron chi connectivity index (χ1n) is 10.4. The Morgan fingerprint density at radius 1 is 1.10 bits per heavy atom. The van der Waals surface area contributed by atoms with Crippen molar-refractivity contribution in [3.63, 3.8) is 0 Å². The molecule has 0 unspecified atom stereocenters. The van der Waals surface area contributed by atoms with Crippen molar-refractivity contribution >= 4 is 21.7 Å². The van der Waals surface area contributed by atoms with Crippen molar-refractivity contribution < 1.29 is 13.2 Å². The van der Waals surface area contributed by atoms with Gasteiger partial charge in [0.1, 0.15) is 5.82 Å². The fourth-order valence-electron chi connectivity index (χ4n) is 3.69. The molecule has 1 saturated heterocycles. The smallest absolute Gasteiger partial charge is 0.243 e. The maximum Gasteiger partial charge on any atom is 0.243 e. The number of nitrogens with zero attached hydrogens (tertiary/aromatic N) is 3. The van der Waals surface area contributed by atoms with Gasteiger partial charge in [-0.2, -0.15) is 9.40 Å². The zero-order chi connectivity index (χ0) is 22.1. The molecule has 30 heavy (non-hydrogen) atoms. The minimum absolute atomic E-state index is 0.0288. The SMILES string of the molecule is CC(C)n1nccc1NC(=O)C1CCN(S(=O)(=O)c2ccc(C(C)(C)C)cc2)CC1. The van der Waals surface area contributed by atoms with Gasteiger partial charge in [-0.1, -0.05) is 32.9 Å². The number of hydrogen-bond donors (Lipinski definition) is 1. The van der Waals surface area contributed by atoms with Gasteiger partial charge in [0, 0.05) is 31.1 Å². The van der Waals surface area contributed by atoms with Crippen molar-refractivity contribution in [2.24, 2.45) is 5.92 Å². The number of sulfonamides is 1. The molecular weight excluding hydrogens is 400 g/mol. The van der Waals surface area contributed by atoms with Gasteiger partial charge in [-0.05, 0) is 49.8 Å². The Labute approximate surface area is 179 Å². The lowest BCUT2D eigenvalue weighted by molar-refractivity contribution is -0.121. The van der Waals surface area contributed by atoms with Crippen LogP contribution in [0.4, 0.5) is 5.82 Å². The van der Waals surface area contributed by atoms with E-state index in [4.69, 9.17) is 0 Å². The molecule has 0 bridgehead atoms. The summed E-state index contributed by atoms with van der Waals surface area (Å²) in [5.74, 6) is 0.378. The first-order valence-corrected chi connectivity index (χ1v) is 11.9. The minimum atomic E-state index is -3.55. The van der Waals surface area contributed by atoms with Gasteiger partial charge in [-0.3, -0.25) is 4.79 Å². The van der Waals surface area contributed by atoms with Crippen LogP contribution in [0.15, 0.2) is 41.4 Å². The van der Waals surface area contributed by atoms with E-state index in [0.717, 1.165) is 5.56 Å². The number of piperidine rings is 1. The summed E-state index contributed by atoms with van der Waals surface area (Å²) in [6.45, 7) is 11.0. The highest BCUT2D eigenvalue weighted by molar-refractivity contribution is 7.89. The molecule has 1 aromatic carbocycles. The molecule has 8 heteroatoms. The number of carbonyl (C=O) groups excluding carboxylic acids is 1. The average molecular weight is 433 g/mol. The summed E-state index contributed by atoms with van der Waals surface area (Å²) < 4.78 is 29.3. The first kappa shape index (κ1) is 22.5. The highest BCUT2D eigenvalue weighted by atomic mass is 32.2. The van der Waals surface area contributed by atoms with E-state index in [1.807, 2.05) is 26.0 Å². The Morgan fingerprint density at radius 3 is 2.23 bits per heavy atom. The van der Waals surface area contributed by atoms with Crippen LogP contribution >= 0.6 is 0 Å². The number of carbonyl (C=O) groups is 1. The third-order valence-electron chi connectivity index (χ3n) is 5.59. The van der Waals surface area contributed by atoms with Gasteiger partial charge >= 0.3 is 0 Å².